The van der Waals surface area contributed by atoms with Gasteiger partial charge in [-0.1, -0.05) is 32.9 Å². The fourth-order valence-electron chi connectivity index (χ4n) is 1.91. The lowest BCUT2D eigenvalue weighted by molar-refractivity contribution is 0.0598. The molecule has 1 unspecified atom stereocenters. The van der Waals surface area contributed by atoms with E-state index in [0.717, 1.165) is 6.42 Å². The highest BCUT2D eigenvalue weighted by Gasteiger charge is 2.21. The molecule has 0 bridgehead atoms. The number of halogens is 1. The van der Waals surface area contributed by atoms with Gasteiger partial charge in [-0.25, -0.2) is 4.79 Å². The van der Waals surface area contributed by atoms with Crippen molar-refractivity contribution in [2.24, 2.45) is 5.73 Å². The predicted molar refractivity (Wildman–Crippen MR) is 87.6 cm³/mol. The van der Waals surface area contributed by atoms with Crippen molar-refractivity contribution in [3.8, 4) is 0 Å². The summed E-state index contributed by atoms with van der Waals surface area (Å²) in [6.07, 6.45) is 3.00. The summed E-state index contributed by atoms with van der Waals surface area (Å²) in [6.45, 7) is 0. The molecule has 1 amide bonds. The van der Waals surface area contributed by atoms with Crippen molar-refractivity contribution in [1.82, 2.24) is 0 Å². The van der Waals surface area contributed by atoms with Gasteiger partial charge >= 0.3 is 5.97 Å². The average Bonchev–Trinajstić information content (AvgIpc) is 2.47. The van der Waals surface area contributed by atoms with Crippen LogP contribution in [0.4, 0.5) is 5.69 Å². The van der Waals surface area contributed by atoms with Crippen molar-refractivity contribution < 1.29 is 14.3 Å². The Morgan fingerprint density at radius 3 is 2.85 bits per heavy atom. The maximum absolute atomic E-state index is 11.9. The molecule has 106 valence electrons. The fraction of sp³-hybridized carbons (Fsp3) is 0.214. The van der Waals surface area contributed by atoms with Gasteiger partial charge in [0.2, 0.25) is 5.91 Å². The smallest absolute Gasteiger partial charge is 0.340 e. The van der Waals surface area contributed by atoms with E-state index in [1.54, 1.807) is 12.1 Å². The Morgan fingerprint density at radius 1 is 1.45 bits per heavy atom. The Bertz CT molecular complexity index is 596. The molecular weight excluding hydrogens is 371 g/mol. The Balaban J connectivity index is 2.38. The molecule has 1 aliphatic rings. The van der Waals surface area contributed by atoms with E-state index >= 15 is 0 Å². The highest BCUT2D eigenvalue weighted by molar-refractivity contribution is 14.2. The number of primary amides is 1. The summed E-state index contributed by atoms with van der Waals surface area (Å²) in [5, 5.41) is 3.25. The molecule has 0 saturated carbocycles. The van der Waals surface area contributed by atoms with Crippen LogP contribution in [-0.2, 0) is 4.74 Å². The van der Waals surface area contributed by atoms with Crippen LogP contribution in [0.3, 0.4) is 0 Å². The number of rotatable bonds is 4. The minimum absolute atomic E-state index is 0.0592. The molecule has 1 atom stereocenters. The molecule has 1 heterocycles. The number of ether oxygens (including phenoxy) is 1. The van der Waals surface area contributed by atoms with Crippen LogP contribution in [0.25, 0.3) is 0 Å². The molecule has 0 saturated heterocycles. The molecular formula is C14H15IN2O3. The van der Waals surface area contributed by atoms with Crippen molar-refractivity contribution in [2.75, 3.05) is 12.4 Å². The molecule has 1 aliphatic heterocycles. The minimum atomic E-state index is -0.648. The molecule has 2 rings (SSSR count). The van der Waals surface area contributed by atoms with Gasteiger partial charge in [-0.15, -0.1) is 0 Å². The van der Waals surface area contributed by atoms with Gasteiger partial charge in [0.1, 0.15) is 0 Å². The zero-order valence-electron chi connectivity index (χ0n) is 10.9. The van der Waals surface area contributed by atoms with Crippen LogP contribution < -0.4 is 11.1 Å². The topological polar surface area (TPSA) is 81.4 Å². The van der Waals surface area contributed by atoms with Crippen molar-refractivity contribution >= 4 is 42.3 Å². The van der Waals surface area contributed by atoms with Gasteiger partial charge in [-0.3, -0.25) is 4.79 Å². The quantitative estimate of drug-likeness (QED) is 0.613. The second kappa shape index (κ2) is 6.65. The lowest BCUT2D eigenvalue weighted by Gasteiger charge is -2.19. The second-order valence-electron chi connectivity index (χ2n) is 4.17. The lowest BCUT2D eigenvalue weighted by Crippen LogP contribution is -2.23. The number of esters is 1. The zero-order chi connectivity index (χ0) is 14.5. The van der Waals surface area contributed by atoms with E-state index in [1.807, 2.05) is 0 Å². The molecule has 0 spiro atoms. The number of nitrogens with one attached hydrogen (secondary N) is 1. The highest BCUT2D eigenvalue weighted by atomic mass is 127. The van der Waals surface area contributed by atoms with Gasteiger partial charge in [0, 0.05) is 11.7 Å². The Kier molecular flexibility index (Phi) is 4.89. The van der Waals surface area contributed by atoms with E-state index in [1.165, 1.54) is 13.2 Å². The Hall–Kier alpha value is -1.70. The van der Waals surface area contributed by atoms with Crippen molar-refractivity contribution in [1.29, 1.82) is 0 Å². The summed E-state index contributed by atoms with van der Waals surface area (Å²) in [7, 11) is 1.28. The van der Waals surface area contributed by atoms with E-state index < -0.39 is 11.9 Å². The molecule has 0 fully saturated rings. The summed E-state index contributed by atoms with van der Waals surface area (Å²) in [4.78, 5) is 23.4. The fourth-order valence-corrected chi connectivity index (χ4v) is 3.79. The molecule has 0 radical (unpaired) electrons. The van der Waals surface area contributed by atoms with E-state index in [2.05, 4.69) is 19.5 Å². The molecule has 6 heteroatoms. The number of hydrogen-bond donors (Lipinski definition) is 2. The van der Waals surface area contributed by atoms with Crippen LogP contribution in [0, 0.1) is 0 Å². The first kappa shape index (κ1) is 14.7. The van der Waals surface area contributed by atoms with Crippen molar-refractivity contribution in [3.05, 3.63) is 39.5 Å². The third-order valence-electron chi connectivity index (χ3n) is 2.87. The number of carbonyl (C=O) groups excluding carboxylic acids is 2. The van der Waals surface area contributed by atoms with E-state index in [9.17, 15) is 9.59 Å². The van der Waals surface area contributed by atoms with Crippen LogP contribution in [0.5, 0.6) is 0 Å². The molecule has 20 heavy (non-hydrogen) atoms. The average molecular weight is 386 g/mol. The molecule has 1 aromatic rings. The van der Waals surface area contributed by atoms with E-state index in [-0.39, 0.29) is 37.9 Å². The van der Waals surface area contributed by atoms with Crippen molar-refractivity contribution in [2.45, 2.75) is 12.5 Å². The SMILES string of the molecule is COC(=O)c1c(NC2C=CI=CC2)cccc1C(N)=O. The number of nitrogens with two attached hydrogens (primary N) is 1. The molecule has 3 N–H and O–H groups in total. The first-order chi connectivity index (χ1) is 9.63. The van der Waals surface area contributed by atoms with E-state index in [4.69, 9.17) is 10.5 Å². The summed E-state index contributed by atoms with van der Waals surface area (Å²) in [5.74, 6) is -1.22. The van der Waals surface area contributed by atoms with Gasteiger partial charge in [0.05, 0.1) is 18.2 Å². The lowest BCUT2D eigenvalue weighted by atomic mass is 10.0. The van der Waals surface area contributed by atoms with Crippen molar-refractivity contribution in [3.63, 3.8) is 0 Å². The van der Waals surface area contributed by atoms with Crippen LogP contribution >= 0.6 is 20.7 Å². The van der Waals surface area contributed by atoms with Gasteiger partial charge in [0.15, 0.2) is 0 Å². The number of anilines is 1. The summed E-state index contributed by atoms with van der Waals surface area (Å²) < 4.78 is 9.17. The van der Waals surface area contributed by atoms with Gasteiger partial charge < -0.3 is 15.8 Å². The molecule has 1 aromatic carbocycles. The molecule has 0 aromatic heterocycles. The van der Waals surface area contributed by atoms with Gasteiger partial charge in [-0.05, 0) is 26.6 Å². The van der Waals surface area contributed by atoms with Crippen LogP contribution in [-0.4, -0.2) is 29.0 Å². The normalized spacial score (nSPS) is 17.1. The summed E-state index contributed by atoms with van der Waals surface area (Å²) in [6, 6.07) is 5.08. The van der Waals surface area contributed by atoms with E-state index in [0.29, 0.717) is 5.69 Å². The number of methoxy groups -OCH3 is 1. The third kappa shape index (κ3) is 3.24. The Labute approximate surface area is 126 Å². The predicted octanol–water partition coefficient (Wildman–Crippen LogP) is 2.04. The maximum atomic E-state index is 11.9. The first-order valence-electron chi connectivity index (χ1n) is 6.01. The number of carbonyl (C=O) groups is 2. The number of amides is 1. The maximum Gasteiger partial charge on any atom is 0.340 e. The number of benzene rings is 1. The van der Waals surface area contributed by atoms with Crippen LogP contribution in [0.2, 0.25) is 0 Å². The Morgan fingerprint density at radius 2 is 2.25 bits per heavy atom. The van der Waals surface area contributed by atoms with Gasteiger partial charge in [0.25, 0.3) is 0 Å². The molecule has 0 aliphatic carbocycles. The second-order valence-corrected chi connectivity index (χ2v) is 6.49. The monoisotopic (exact) mass is 386 g/mol. The van der Waals surface area contributed by atoms with Crippen LogP contribution in [0.15, 0.2) is 28.4 Å². The summed E-state index contributed by atoms with van der Waals surface area (Å²) in [5.41, 5.74) is 6.24. The number of hydrogen-bond acceptors (Lipinski definition) is 4. The van der Waals surface area contributed by atoms with Gasteiger partial charge in [-0.2, -0.15) is 0 Å². The first-order valence-corrected chi connectivity index (χ1v) is 8.50. The highest BCUT2D eigenvalue weighted by Crippen LogP contribution is 2.23. The molecule has 5 nitrogen and oxygen atoms in total. The minimum Gasteiger partial charge on any atom is -0.465 e. The van der Waals surface area contributed by atoms with Crippen LogP contribution in [0.1, 0.15) is 27.1 Å². The largest absolute Gasteiger partial charge is 0.465 e. The third-order valence-corrected chi connectivity index (χ3v) is 4.72. The standard InChI is InChI=1S/C14H15IN2O3/c1-20-14(19)12-10(13(16)18)3-2-4-11(12)17-9-5-7-15-8-6-9/h2-5,7-9,17H,6H2,1H3,(H2,16,18). The zero-order valence-corrected chi connectivity index (χ0v) is 13.1. The summed E-state index contributed by atoms with van der Waals surface area (Å²) >= 11 is 0.0592.